The lowest BCUT2D eigenvalue weighted by molar-refractivity contribution is 0.279. The summed E-state index contributed by atoms with van der Waals surface area (Å²) in [6.07, 6.45) is 8.68. The lowest BCUT2D eigenvalue weighted by Gasteiger charge is -2.33. The second kappa shape index (κ2) is 17.3. The predicted molar refractivity (Wildman–Crippen MR) is 226 cm³/mol. The van der Waals surface area contributed by atoms with Crippen molar-refractivity contribution in [1.82, 2.24) is 21.3 Å². The maximum Gasteiger partial charge on any atom is 0.128 e. The lowest BCUT2D eigenvalue weighted by atomic mass is 9.87. The van der Waals surface area contributed by atoms with Gasteiger partial charge in [0.05, 0.1) is 0 Å². The third kappa shape index (κ3) is 8.20. The average Bonchev–Trinajstić information content (AvgIpc) is 3.23. The van der Waals surface area contributed by atoms with Crippen molar-refractivity contribution < 1.29 is 20.4 Å². The zero-order valence-electron chi connectivity index (χ0n) is 32.0. The summed E-state index contributed by atoms with van der Waals surface area (Å²) in [5, 5.41) is 64.1. The van der Waals surface area contributed by atoms with E-state index in [4.69, 9.17) is 0 Å². The molecule has 0 aliphatic heterocycles. The molecule has 2 aliphatic rings. The monoisotopic (exact) mass is 750 g/mol. The van der Waals surface area contributed by atoms with Crippen molar-refractivity contribution in [3.63, 3.8) is 0 Å². The molecule has 6 aromatic rings. The second-order valence-electron chi connectivity index (χ2n) is 15.7. The van der Waals surface area contributed by atoms with Crippen LogP contribution in [0.2, 0.25) is 0 Å². The SMILES string of the molecule is Oc1ccccc1CN[C@@H]1CCCC[C@@H]1NCc1cc2ccccc2c(-c2c(O)c(CN[C@H]3CCCC[C@H]3NCc3ccccc3O)cc3ccccc23)c1O. The van der Waals surface area contributed by atoms with Gasteiger partial charge in [0.1, 0.15) is 23.0 Å². The van der Waals surface area contributed by atoms with Crippen LogP contribution in [-0.2, 0) is 26.2 Å². The van der Waals surface area contributed by atoms with E-state index in [0.29, 0.717) is 48.8 Å². The normalized spacial score (nSPS) is 20.1. The van der Waals surface area contributed by atoms with Gasteiger partial charge in [-0.05, 0) is 71.5 Å². The highest BCUT2D eigenvalue weighted by molar-refractivity contribution is 6.10. The van der Waals surface area contributed by atoms with Gasteiger partial charge in [0.2, 0.25) is 0 Å². The summed E-state index contributed by atoms with van der Waals surface area (Å²) in [7, 11) is 0. The number of nitrogens with one attached hydrogen (secondary N) is 4. The van der Waals surface area contributed by atoms with Gasteiger partial charge in [-0.1, -0.05) is 111 Å². The Hall–Kier alpha value is -5.12. The zero-order valence-corrected chi connectivity index (χ0v) is 32.0. The molecule has 8 heteroatoms. The average molecular weight is 751 g/mol. The fourth-order valence-electron chi connectivity index (χ4n) is 9.09. The van der Waals surface area contributed by atoms with Crippen LogP contribution in [0.25, 0.3) is 32.7 Å². The Bertz CT molecular complexity index is 2130. The van der Waals surface area contributed by atoms with E-state index < -0.39 is 0 Å². The molecule has 2 fully saturated rings. The van der Waals surface area contributed by atoms with Gasteiger partial charge in [0.25, 0.3) is 0 Å². The van der Waals surface area contributed by atoms with Crippen molar-refractivity contribution in [2.75, 3.05) is 0 Å². The summed E-state index contributed by atoms with van der Waals surface area (Å²) in [6.45, 7) is 2.13. The lowest BCUT2D eigenvalue weighted by Crippen LogP contribution is -2.49. The zero-order chi connectivity index (χ0) is 38.4. The van der Waals surface area contributed by atoms with E-state index in [0.717, 1.165) is 95.2 Å². The topological polar surface area (TPSA) is 129 Å². The second-order valence-corrected chi connectivity index (χ2v) is 15.7. The maximum absolute atomic E-state index is 12.3. The Labute approximate surface area is 329 Å². The van der Waals surface area contributed by atoms with Crippen LogP contribution >= 0.6 is 0 Å². The summed E-state index contributed by atoms with van der Waals surface area (Å²) in [4.78, 5) is 0. The fourth-order valence-corrected chi connectivity index (χ4v) is 9.09. The molecule has 2 aliphatic carbocycles. The molecule has 8 nitrogen and oxygen atoms in total. The molecule has 0 saturated heterocycles. The quantitative estimate of drug-likeness (QED) is 0.0588. The first-order valence-corrected chi connectivity index (χ1v) is 20.4. The van der Waals surface area contributed by atoms with Crippen LogP contribution in [0.1, 0.15) is 73.6 Å². The smallest absolute Gasteiger partial charge is 0.128 e. The van der Waals surface area contributed by atoms with Gasteiger partial charge in [-0.2, -0.15) is 0 Å². The predicted octanol–water partition coefficient (Wildman–Crippen LogP) is 8.86. The van der Waals surface area contributed by atoms with Crippen LogP contribution < -0.4 is 21.3 Å². The Morgan fingerprint density at radius 1 is 0.393 bits per heavy atom. The summed E-state index contributed by atoms with van der Waals surface area (Å²) in [6, 6.07) is 36.2. The van der Waals surface area contributed by atoms with Gasteiger partial charge in [0, 0.05) is 83.7 Å². The van der Waals surface area contributed by atoms with Crippen LogP contribution in [0.4, 0.5) is 0 Å². The molecule has 0 bridgehead atoms. The number of benzene rings is 6. The molecule has 0 aromatic heterocycles. The number of para-hydroxylation sites is 2. The number of rotatable bonds is 13. The molecule has 8 rings (SSSR count). The third-order valence-electron chi connectivity index (χ3n) is 12.2. The highest BCUT2D eigenvalue weighted by Crippen LogP contribution is 2.47. The molecule has 0 heterocycles. The van der Waals surface area contributed by atoms with Gasteiger partial charge in [-0.25, -0.2) is 0 Å². The summed E-state index contributed by atoms with van der Waals surface area (Å²) >= 11 is 0. The molecule has 290 valence electrons. The van der Waals surface area contributed by atoms with Crippen molar-refractivity contribution in [3.8, 4) is 34.1 Å². The van der Waals surface area contributed by atoms with Gasteiger partial charge in [0.15, 0.2) is 0 Å². The molecule has 56 heavy (non-hydrogen) atoms. The van der Waals surface area contributed by atoms with Gasteiger partial charge in [-0.3, -0.25) is 0 Å². The molecule has 0 spiro atoms. The summed E-state index contributed by atoms with van der Waals surface area (Å²) in [5.74, 6) is 0.968. The summed E-state index contributed by atoms with van der Waals surface area (Å²) in [5.41, 5.74) is 4.64. The van der Waals surface area contributed by atoms with E-state index in [1.807, 2.05) is 72.8 Å². The van der Waals surface area contributed by atoms with Crippen LogP contribution in [0.5, 0.6) is 23.0 Å². The minimum Gasteiger partial charge on any atom is -0.508 e. The van der Waals surface area contributed by atoms with Crippen LogP contribution in [-0.4, -0.2) is 44.6 Å². The highest BCUT2D eigenvalue weighted by Gasteiger charge is 2.28. The first-order chi connectivity index (χ1) is 27.4. The van der Waals surface area contributed by atoms with Gasteiger partial charge < -0.3 is 41.7 Å². The van der Waals surface area contributed by atoms with E-state index in [2.05, 4.69) is 45.5 Å². The van der Waals surface area contributed by atoms with Crippen molar-refractivity contribution in [3.05, 3.63) is 131 Å². The number of hydrogen-bond donors (Lipinski definition) is 8. The standard InChI is InChI=1S/C48H54N4O4/c53-43-23-11-3-15-33(43)27-49-39-19-7-9-21-41(39)51-29-35-25-31-13-1-5-17-37(31)45(47(35)55)46-38-18-6-2-14-32(38)26-36(48(46)56)30-52-42-22-10-8-20-40(42)50-28-34-16-4-12-24-44(34)54/h1-6,11-18,23-26,39-42,49-56H,7-10,19-22,27-30H2/t39-,40-,41+,42+/m1/s1. The Balaban J connectivity index is 1.07. The number of hydrogen-bond acceptors (Lipinski definition) is 8. The van der Waals surface area contributed by atoms with E-state index in [-0.39, 0.29) is 35.7 Å². The number of fused-ring (bicyclic) bond motifs is 2. The van der Waals surface area contributed by atoms with Crippen LogP contribution in [0.3, 0.4) is 0 Å². The number of aromatic hydroxyl groups is 4. The molecule has 6 aromatic carbocycles. The van der Waals surface area contributed by atoms with Crippen molar-refractivity contribution in [1.29, 1.82) is 0 Å². The molecule has 2 saturated carbocycles. The summed E-state index contributed by atoms with van der Waals surface area (Å²) < 4.78 is 0. The first-order valence-electron chi connectivity index (χ1n) is 20.4. The molecular weight excluding hydrogens is 697 g/mol. The minimum absolute atomic E-state index is 0.178. The fraction of sp³-hybridized carbons (Fsp3) is 0.333. The van der Waals surface area contributed by atoms with Crippen molar-refractivity contribution in [2.45, 2.75) is 102 Å². The third-order valence-corrected chi connectivity index (χ3v) is 12.2. The largest absolute Gasteiger partial charge is 0.508 e. The molecule has 0 amide bonds. The van der Waals surface area contributed by atoms with E-state index in [1.165, 1.54) is 0 Å². The van der Waals surface area contributed by atoms with Gasteiger partial charge in [-0.15, -0.1) is 0 Å². The number of phenols is 4. The van der Waals surface area contributed by atoms with E-state index in [9.17, 15) is 20.4 Å². The maximum atomic E-state index is 12.3. The number of phenolic OH excluding ortho intramolecular Hbond substituents is 4. The van der Waals surface area contributed by atoms with E-state index >= 15 is 0 Å². The highest BCUT2D eigenvalue weighted by atomic mass is 16.3. The Kier molecular flexibility index (Phi) is 11.7. The molecule has 0 radical (unpaired) electrons. The van der Waals surface area contributed by atoms with Crippen molar-refractivity contribution in [2.24, 2.45) is 0 Å². The van der Waals surface area contributed by atoms with Crippen LogP contribution in [0.15, 0.2) is 109 Å². The Morgan fingerprint density at radius 2 is 0.714 bits per heavy atom. The van der Waals surface area contributed by atoms with Gasteiger partial charge >= 0.3 is 0 Å². The molecule has 0 unspecified atom stereocenters. The molecular formula is C48H54N4O4. The molecule has 8 N–H and O–H groups in total. The molecule has 4 atom stereocenters. The van der Waals surface area contributed by atoms with Crippen molar-refractivity contribution >= 4 is 21.5 Å². The minimum atomic E-state index is 0.178. The van der Waals surface area contributed by atoms with Crippen LogP contribution in [0, 0.1) is 0 Å². The first kappa shape index (κ1) is 37.8. The Morgan fingerprint density at radius 3 is 1.09 bits per heavy atom. The van der Waals surface area contributed by atoms with E-state index in [1.54, 1.807) is 12.1 Å².